The Bertz CT molecular complexity index is 241. The summed E-state index contributed by atoms with van der Waals surface area (Å²) in [4.78, 5) is 2.68. The summed E-state index contributed by atoms with van der Waals surface area (Å²) in [5, 5.41) is 3.53. The fourth-order valence-corrected chi connectivity index (χ4v) is 3.75. The van der Waals surface area contributed by atoms with Crippen LogP contribution in [0.3, 0.4) is 0 Å². The highest BCUT2D eigenvalue weighted by atomic mass is 32.2. The molecule has 1 fully saturated rings. The summed E-state index contributed by atoms with van der Waals surface area (Å²) in [6.45, 7) is 15.6. The van der Waals surface area contributed by atoms with Gasteiger partial charge in [0.2, 0.25) is 0 Å². The molecular weight excluding hydrogens is 264 g/mol. The van der Waals surface area contributed by atoms with Crippen molar-refractivity contribution >= 4 is 11.8 Å². The summed E-state index contributed by atoms with van der Waals surface area (Å²) in [6.07, 6.45) is 6.86. The average Bonchev–Trinajstić information content (AvgIpc) is 2.53. The summed E-state index contributed by atoms with van der Waals surface area (Å²) in [7, 11) is 0. The van der Waals surface area contributed by atoms with Crippen LogP contribution in [0.2, 0.25) is 0 Å². The Kier molecular flexibility index (Phi) is 9.23. The van der Waals surface area contributed by atoms with Crippen molar-refractivity contribution in [3.63, 3.8) is 0 Å². The minimum atomic E-state index is 0.497. The molecule has 0 aromatic heterocycles. The molecule has 1 aliphatic heterocycles. The zero-order valence-corrected chi connectivity index (χ0v) is 15.0. The summed E-state index contributed by atoms with van der Waals surface area (Å²) >= 11 is 2.15. The molecule has 20 heavy (non-hydrogen) atoms. The standard InChI is InChI=1S/C17H36N2S/c1-16(2)15-18-10-7-5-6-8-11-19-12-9-17(3,4)20-14-13-19/h16,18H,5-15H2,1-4H3. The summed E-state index contributed by atoms with van der Waals surface area (Å²) in [6, 6.07) is 0. The topological polar surface area (TPSA) is 15.3 Å². The van der Waals surface area contributed by atoms with Crippen molar-refractivity contribution in [2.45, 2.75) is 64.5 Å². The number of thioether (sulfide) groups is 1. The Morgan fingerprint density at radius 2 is 1.85 bits per heavy atom. The largest absolute Gasteiger partial charge is 0.316 e. The molecule has 3 heteroatoms. The summed E-state index contributed by atoms with van der Waals surface area (Å²) in [5.41, 5.74) is 0. The van der Waals surface area contributed by atoms with Gasteiger partial charge in [-0.1, -0.05) is 40.5 Å². The van der Waals surface area contributed by atoms with E-state index < -0.39 is 0 Å². The molecule has 0 aliphatic carbocycles. The minimum Gasteiger partial charge on any atom is -0.316 e. The molecule has 1 heterocycles. The maximum Gasteiger partial charge on any atom is 0.0116 e. The fraction of sp³-hybridized carbons (Fsp3) is 1.00. The number of nitrogens with one attached hydrogen (secondary N) is 1. The molecule has 0 bridgehead atoms. The van der Waals surface area contributed by atoms with Crippen LogP contribution in [0.25, 0.3) is 0 Å². The van der Waals surface area contributed by atoms with E-state index in [4.69, 9.17) is 0 Å². The number of hydrogen-bond acceptors (Lipinski definition) is 3. The maximum atomic E-state index is 3.53. The first-order valence-electron chi connectivity index (χ1n) is 8.57. The molecule has 0 saturated carbocycles. The minimum absolute atomic E-state index is 0.497. The third kappa shape index (κ3) is 9.25. The van der Waals surface area contributed by atoms with Gasteiger partial charge in [-0.2, -0.15) is 11.8 Å². The second-order valence-corrected chi connectivity index (χ2v) is 9.01. The lowest BCUT2D eigenvalue weighted by atomic mass is 10.1. The van der Waals surface area contributed by atoms with Crippen molar-refractivity contribution in [2.75, 3.05) is 38.5 Å². The van der Waals surface area contributed by atoms with Crippen molar-refractivity contribution < 1.29 is 0 Å². The van der Waals surface area contributed by atoms with Gasteiger partial charge < -0.3 is 10.2 Å². The monoisotopic (exact) mass is 300 g/mol. The van der Waals surface area contributed by atoms with E-state index in [-0.39, 0.29) is 0 Å². The van der Waals surface area contributed by atoms with Gasteiger partial charge >= 0.3 is 0 Å². The van der Waals surface area contributed by atoms with E-state index in [1.807, 2.05) is 0 Å². The molecule has 1 saturated heterocycles. The second kappa shape index (κ2) is 10.1. The lowest BCUT2D eigenvalue weighted by molar-refractivity contribution is 0.277. The summed E-state index contributed by atoms with van der Waals surface area (Å²) in [5.74, 6) is 2.09. The van der Waals surface area contributed by atoms with Gasteiger partial charge in [0.15, 0.2) is 0 Å². The normalized spacial score (nSPS) is 20.2. The van der Waals surface area contributed by atoms with Gasteiger partial charge in [0.1, 0.15) is 0 Å². The third-order valence-corrected chi connectivity index (χ3v) is 5.43. The molecular formula is C17H36N2S. The average molecular weight is 301 g/mol. The molecule has 1 aliphatic rings. The van der Waals surface area contributed by atoms with E-state index >= 15 is 0 Å². The van der Waals surface area contributed by atoms with Crippen LogP contribution in [0.1, 0.15) is 59.8 Å². The molecule has 0 amide bonds. The second-order valence-electron chi connectivity index (χ2n) is 7.21. The van der Waals surface area contributed by atoms with Crippen molar-refractivity contribution in [3.8, 4) is 0 Å². The van der Waals surface area contributed by atoms with Crippen LogP contribution in [0, 0.1) is 5.92 Å². The summed E-state index contributed by atoms with van der Waals surface area (Å²) < 4.78 is 0.497. The van der Waals surface area contributed by atoms with Crippen LogP contribution in [0.15, 0.2) is 0 Å². The quantitative estimate of drug-likeness (QED) is 0.648. The van der Waals surface area contributed by atoms with E-state index in [2.05, 4.69) is 49.7 Å². The van der Waals surface area contributed by atoms with Crippen molar-refractivity contribution in [2.24, 2.45) is 5.92 Å². The number of nitrogens with zero attached hydrogens (tertiary/aromatic N) is 1. The lowest BCUT2D eigenvalue weighted by Gasteiger charge is -2.22. The zero-order chi connectivity index (χ0) is 14.8. The van der Waals surface area contributed by atoms with Gasteiger partial charge in [-0.25, -0.2) is 0 Å². The molecule has 0 aromatic carbocycles. The Labute approximate surface area is 131 Å². The van der Waals surface area contributed by atoms with E-state index in [1.54, 1.807) is 0 Å². The molecule has 1 rings (SSSR count). The van der Waals surface area contributed by atoms with Gasteiger partial charge in [-0.15, -0.1) is 0 Å². The molecule has 0 aromatic rings. The van der Waals surface area contributed by atoms with Crippen LogP contribution in [0.5, 0.6) is 0 Å². The molecule has 0 unspecified atom stereocenters. The van der Waals surface area contributed by atoms with Gasteiger partial charge in [-0.3, -0.25) is 0 Å². The lowest BCUT2D eigenvalue weighted by Crippen LogP contribution is -2.28. The van der Waals surface area contributed by atoms with Crippen LogP contribution in [0.4, 0.5) is 0 Å². The molecule has 0 spiro atoms. The zero-order valence-electron chi connectivity index (χ0n) is 14.2. The van der Waals surface area contributed by atoms with E-state index in [9.17, 15) is 0 Å². The number of rotatable bonds is 9. The first kappa shape index (κ1) is 18.3. The van der Waals surface area contributed by atoms with Crippen molar-refractivity contribution in [1.29, 1.82) is 0 Å². The Balaban J connectivity index is 1.93. The maximum absolute atomic E-state index is 3.53. The SMILES string of the molecule is CC(C)CNCCCCCCN1CCSC(C)(C)CC1. The molecule has 2 nitrogen and oxygen atoms in total. The van der Waals surface area contributed by atoms with E-state index in [0.29, 0.717) is 4.75 Å². The van der Waals surface area contributed by atoms with Gasteiger partial charge in [0.05, 0.1) is 0 Å². The van der Waals surface area contributed by atoms with Gasteiger partial charge in [-0.05, 0) is 51.4 Å². The Hall–Kier alpha value is 0.270. The fourth-order valence-electron chi connectivity index (χ4n) is 2.62. The van der Waals surface area contributed by atoms with Crippen molar-refractivity contribution in [3.05, 3.63) is 0 Å². The predicted molar refractivity (Wildman–Crippen MR) is 93.8 cm³/mol. The molecule has 1 N–H and O–H groups in total. The highest BCUT2D eigenvalue weighted by Crippen LogP contribution is 2.30. The molecule has 0 radical (unpaired) electrons. The van der Waals surface area contributed by atoms with E-state index in [0.717, 1.165) is 5.92 Å². The van der Waals surface area contributed by atoms with Crippen LogP contribution < -0.4 is 5.32 Å². The highest BCUT2D eigenvalue weighted by Gasteiger charge is 2.23. The van der Waals surface area contributed by atoms with Gasteiger partial charge in [0.25, 0.3) is 0 Å². The molecule has 0 atom stereocenters. The Morgan fingerprint density at radius 1 is 1.10 bits per heavy atom. The van der Waals surface area contributed by atoms with Crippen molar-refractivity contribution in [1.82, 2.24) is 10.2 Å². The van der Waals surface area contributed by atoms with Crippen LogP contribution >= 0.6 is 11.8 Å². The van der Waals surface area contributed by atoms with E-state index in [1.165, 1.54) is 70.6 Å². The van der Waals surface area contributed by atoms with Crippen LogP contribution in [-0.4, -0.2) is 48.1 Å². The van der Waals surface area contributed by atoms with Gasteiger partial charge in [0, 0.05) is 17.0 Å². The van der Waals surface area contributed by atoms with Crippen LogP contribution in [-0.2, 0) is 0 Å². The Morgan fingerprint density at radius 3 is 2.60 bits per heavy atom. The first-order chi connectivity index (χ1) is 9.49. The third-order valence-electron chi connectivity index (χ3n) is 4.06. The number of hydrogen-bond donors (Lipinski definition) is 1. The molecule has 120 valence electrons. The predicted octanol–water partition coefficient (Wildman–Crippen LogP) is 4.01. The number of unbranched alkanes of at least 4 members (excludes halogenated alkanes) is 3. The first-order valence-corrected chi connectivity index (χ1v) is 9.55. The highest BCUT2D eigenvalue weighted by molar-refractivity contribution is 8.00. The smallest absolute Gasteiger partial charge is 0.0116 e.